The Morgan fingerprint density at radius 1 is 1.24 bits per heavy atom. The van der Waals surface area contributed by atoms with Gasteiger partial charge in [-0.25, -0.2) is 12.7 Å². The second-order valence-corrected chi connectivity index (χ2v) is 13.3. The molecule has 1 aromatic carbocycles. The van der Waals surface area contributed by atoms with Gasteiger partial charge < -0.3 is 10.1 Å². The van der Waals surface area contributed by atoms with Crippen LogP contribution in [0.25, 0.3) is 0 Å². The number of anilines is 1. The first kappa shape index (κ1) is 21.1. The first-order valence-corrected chi connectivity index (χ1v) is 12.4. The van der Waals surface area contributed by atoms with Crippen molar-refractivity contribution in [3.8, 4) is 5.75 Å². The molecule has 4 bridgehead atoms. The lowest BCUT2D eigenvalue weighted by Gasteiger charge is -2.60. The number of hydrogen-bond acceptors (Lipinski definition) is 4. The Balaban J connectivity index is 1.54. The zero-order chi connectivity index (χ0) is 21.0. The van der Waals surface area contributed by atoms with Crippen molar-refractivity contribution in [2.75, 3.05) is 26.5 Å². The summed E-state index contributed by atoms with van der Waals surface area (Å²) in [5, 5.41) is 2.94. The van der Waals surface area contributed by atoms with Crippen LogP contribution < -0.4 is 10.1 Å². The Bertz CT molecular complexity index is 917. The fraction of sp³-hybridized carbons (Fsp3) is 0.667. The standard InChI is InChI=1S/C21H29BrN2O4S/c1-24(2)29(26,27)16-4-5-18(28-3)17(7-16)23-19(25)12-20-8-14-6-15(9-20)11-21(22,10-14)13-20/h4-5,7,14-15H,6,8-13H2,1-3H3,(H,23,25). The highest BCUT2D eigenvalue weighted by Crippen LogP contribution is 2.65. The van der Waals surface area contributed by atoms with E-state index in [0.717, 1.165) is 23.6 Å². The third-order valence-electron chi connectivity index (χ3n) is 6.87. The number of alkyl halides is 1. The molecule has 2 unspecified atom stereocenters. The predicted molar refractivity (Wildman–Crippen MR) is 116 cm³/mol. The number of rotatable bonds is 6. The number of carbonyl (C=O) groups is 1. The van der Waals surface area contributed by atoms with Crippen molar-refractivity contribution in [2.45, 2.75) is 54.2 Å². The van der Waals surface area contributed by atoms with E-state index in [9.17, 15) is 13.2 Å². The molecule has 0 aliphatic heterocycles. The molecule has 4 fully saturated rings. The van der Waals surface area contributed by atoms with Crippen LogP contribution in [0.15, 0.2) is 23.1 Å². The van der Waals surface area contributed by atoms with Gasteiger partial charge in [-0.1, -0.05) is 15.9 Å². The first-order chi connectivity index (χ1) is 13.5. The Kier molecular flexibility index (Phi) is 5.27. The van der Waals surface area contributed by atoms with Crippen LogP contribution in [0.2, 0.25) is 0 Å². The summed E-state index contributed by atoms with van der Waals surface area (Å²) >= 11 is 3.99. The topological polar surface area (TPSA) is 75.7 Å². The number of halogens is 1. The molecule has 4 saturated carbocycles. The van der Waals surface area contributed by atoms with Crippen LogP contribution in [0.1, 0.15) is 44.9 Å². The van der Waals surface area contributed by atoms with Crippen molar-refractivity contribution in [3.05, 3.63) is 18.2 Å². The predicted octanol–water partition coefficient (Wildman–Crippen LogP) is 4.01. The number of methoxy groups -OCH3 is 1. The minimum absolute atomic E-state index is 0.0538. The molecule has 0 aromatic heterocycles. The van der Waals surface area contributed by atoms with Gasteiger partial charge in [-0.2, -0.15) is 0 Å². The molecular weight excluding hydrogens is 456 g/mol. The van der Waals surface area contributed by atoms with Crippen LogP contribution >= 0.6 is 15.9 Å². The Morgan fingerprint density at radius 2 is 1.90 bits per heavy atom. The summed E-state index contributed by atoms with van der Waals surface area (Å²) in [5.41, 5.74) is 0.455. The molecule has 1 amide bonds. The van der Waals surface area contributed by atoms with E-state index in [1.165, 1.54) is 52.6 Å². The van der Waals surface area contributed by atoms with Gasteiger partial charge in [-0.15, -0.1) is 0 Å². The van der Waals surface area contributed by atoms with E-state index in [1.807, 2.05) is 0 Å². The lowest BCUT2D eigenvalue weighted by atomic mass is 9.48. The highest BCUT2D eigenvalue weighted by Gasteiger charge is 2.57. The smallest absolute Gasteiger partial charge is 0.242 e. The number of hydrogen-bond donors (Lipinski definition) is 1. The molecule has 160 valence electrons. The fourth-order valence-electron chi connectivity index (χ4n) is 6.23. The third kappa shape index (κ3) is 3.95. The van der Waals surface area contributed by atoms with E-state index in [1.54, 1.807) is 6.07 Å². The van der Waals surface area contributed by atoms with Crippen LogP contribution in [-0.2, 0) is 14.8 Å². The van der Waals surface area contributed by atoms with Crippen molar-refractivity contribution < 1.29 is 17.9 Å². The van der Waals surface area contributed by atoms with Crippen LogP contribution in [0, 0.1) is 17.3 Å². The normalized spacial score (nSPS) is 33.1. The summed E-state index contributed by atoms with van der Waals surface area (Å²) in [4.78, 5) is 13.2. The average Bonchev–Trinajstić information content (AvgIpc) is 2.58. The van der Waals surface area contributed by atoms with E-state index in [4.69, 9.17) is 4.74 Å². The minimum atomic E-state index is -3.59. The van der Waals surface area contributed by atoms with Gasteiger partial charge in [0.05, 0.1) is 17.7 Å². The van der Waals surface area contributed by atoms with Gasteiger partial charge in [-0.3, -0.25) is 4.79 Å². The van der Waals surface area contributed by atoms with Gasteiger partial charge in [0, 0.05) is 24.8 Å². The molecule has 1 aromatic rings. The highest BCUT2D eigenvalue weighted by molar-refractivity contribution is 9.10. The molecular formula is C21H29BrN2O4S. The maximum absolute atomic E-state index is 13.0. The van der Waals surface area contributed by atoms with E-state index >= 15 is 0 Å². The van der Waals surface area contributed by atoms with Crippen molar-refractivity contribution >= 4 is 37.5 Å². The van der Waals surface area contributed by atoms with Gasteiger partial charge in [0.15, 0.2) is 0 Å². The molecule has 29 heavy (non-hydrogen) atoms. The number of ether oxygens (including phenoxy) is 1. The summed E-state index contributed by atoms with van der Waals surface area (Å²) in [6, 6.07) is 4.57. The molecule has 4 aliphatic carbocycles. The summed E-state index contributed by atoms with van der Waals surface area (Å²) in [5.74, 6) is 1.82. The summed E-state index contributed by atoms with van der Waals surface area (Å²) in [6.45, 7) is 0. The van der Waals surface area contributed by atoms with E-state index < -0.39 is 10.0 Å². The van der Waals surface area contributed by atoms with E-state index in [2.05, 4.69) is 21.2 Å². The summed E-state index contributed by atoms with van der Waals surface area (Å²) in [7, 11) is 0.895. The largest absolute Gasteiger partial charge is 0.495 e. The Labute approximate surface area is 181 Å². The maximum Gasteiger partial charge on any atom is 0.242 e. The van der Waals surface area contributed by atoms with Gasteiger partial charge in [0.2, 0.25) is 15.9 Å². The van der Waals surface area contributed by atoms with Gasteiger partial charge in [0.1, 0.15) is 5.75 Å². The Hall–Kier alpha value is -1.12. The maximum atomic E-state index is 13.0. The molecule has 0 saturated heterocycles. The quantitative estimate of drug-likeness (QED) is 0.618. The van der Waals surface area contributed by atoms with Crippen molar-refractivity contribution in [1.29, 1.82) is 0 Å². The van der Waals surface area contributed by atoms with Crippen molar-refractivity contribution in [2.24, 2.45) is 17.3 Å². The number of sulfonamides is 1. The molecule has 0 spiro atoms. The lowest BCUT2D eigenvalue weighted by molar-refractivity contribution is -0.123. The van der Waals surface area contributed by atoms with Crippen molar-refractivity contribution in [1.82, 2.24) is 4.31 Å². The summed E-state index contributed by atoms with van der Waals surface area (Å²) in [6.07, 6.45) is 7.52. The second-order valence-electron chi connectivity index (χ2n) is 9.49. The number of nitrogens with zero attached hydrogens (tertiary/aromatic N) is 1. The molecule has 8 heteroatoms. The zero-order valence-corrected chi connectivity index (χ0v) is 19.6. The third-order valence-corrected chi connectivity index (χ3v) is 9.61. The van der Waals surface area contributed by atoms with Crippen molar-refractivity contribution in [3.63, 3.8) is 0 Å². The monoisotopic (exact) mass is 484 g/mol. The number of carbonyl (C=O) groups excluding carboxylic acids is 1. The molecule has 5 rings (SSSR count). The average molecular weight is 485 g/mol. The van der Waals surface area contributed by atoms with Gasteiger partial charge in [-0.05, 0) is 74.0 Å². The highest BCUT2D eigenvalue weighted by atomic mass is 79.9. The fourth-order valence-corrected chi connectivity index (χ4v) is 8.67. The second kappa shape index (κ2) is 7.24. The van der Waals surface area contributed by atoms with E-state index in [-0.39, 0.29) is 20.5 Å². The molecule has 0 radical (unpaired) electrons. The summed E-state index contributed by atoms with van der Waals surface area (Å²) < 4.78 is 31.7. The van der Waals surface area contributed by atoms with Crippen LogP contribution in [-0.4, -0.2) is 44.2 Å². The molecule has 4 aliphatic rings. The molecule has 2 atom stereocenters. The van der Waals surface area contributed by atoms with Gasteiger partial charge in [0.25, 0.3) is 0 Å². The van der Waals surface area contributed by atoms with Crippen LogP contribution in [0.3, 0.4) is 0 Å². The van der Waals surface area contributed by atoms with Crippen LogP contribution in [0.4, 0.5) is 5.69 Å². The number of amides is 1. The SMILES string of the molecule is COc1ccc(S(=O)(=O)N(C)C)cc1NC(=O)CC12CC3CC(CC(Br)(C3)C1)C2. The first-order valence-electron chi connectivity index (χ1n) is 10.1. The minimum Gasteiger partial charge on any atom is -0.495 e. The molecule has 6 nitrogen and oxygen atoms in total. The molecule has 1 N–H and O–H groups in total. The molecule has 0 heterocycles. The van der Waals surface area contributed by atoms with Gasteiger partial charge >= 0.3 is 0 Å². The lowest BCUT2D eigenvalue weighted by Crippen LogP contribution is -2.53. The number of nitrogens with one attached hydrogen (secondary N) is 1. The number of benzene rings is 1. The van der Waals surface area contributed by atoms with E-state index in [0.29, 0.717) is 29.7 Å². The Morgan fingerprint density at radius 3 is 2.45 bits per heavy atom. The zero-order valence-electron chi connectivity index (χ0n) is 17.2. The van der Waals surface area contributed by atoms with Crippen LogP contribution in [0.5, 0.6) is 5.75 Å².